The van der Waals surface area contributed by atoms with Gasteiger partial charge in [0, 0.05) is 6.04 Å². The smallest absolute Gasteiger partial charge is 0.133 e. The summed E-state index contributed by atoms with van der Waals surface area (Å²) in [5.41, 5.74) is 1.35. The summed E-state index contributed by atoms with van der Waals surface area (Å²) in [6, 6.07) is 6.91. The Hall–Kier alpha value is -0.540. The zero-order chi connectivity index (χ0) is 14.3. The van der Waals surface area contributed by atoms with Gasteiger partial charge in [-0.1, -0.05) is 33.3 Å². The topological polar surface area (TPSA) is 21.3 Å². The largest absolute Gasteiger partial charge is 0.496 e. The van der Waals surface area contributed by atoms with E-state index in [1.807, 2.05) is 6.07 Å². The SMILES string of the molecule is CCNC(Cc1ccc(OC)c(Br)c1)CC(C)CC. The van der Waals surface area contributed by atoms with Gasteiger partial charge in [0.05, 0.1) is 11.6 Å². The maximum Gasteiger partial charge on any atom is 0.133 e. The maximum atomic E-state index is 5.27. The third kappa shape index (κ3) is 5.53. The van der Waals surface area contributed by atoms with Crippen molar-refractivity contribution in [2.24, 2.45) is 5.92 Å². The number of rotatable bonds is 8. The summed E-state index contributed by atoms with van der Waals surface area (Å²) in [5, 5.41) is 3.60. The Morgan fingerprint density at radius 1 is 1.32 bits per heavy atom. The van der Waals surface area contributed by atoms with Crippen molar-refractivity contribution in [2.45, 2.75) is 46.1 Å². The van der Waals surface area contributed by atoms with Gasteiger partial charge in [-0.3, -0.25) is 0 Å². The van der Waals surface area contributed by atoms with Gasteiger partial charge in [0.1, 0.15) is 5.75 Å². The van der Waals surface area contributed by atoms with Crippen LogP contribution in [0.1, 0.15) is 39.2 Å². The van der Waals surface area contributed by atoms with E-state index < -0.39 is 0 Å². The van der Waals surface area contributed by atoms with E-state index in [0.29, 0.717) is 6.04 Å². The van der Waals surface area contributed by atoms with Gasteiger partial charge >= 0.3 is 0 Å². The lowest BCUT2D eigenvalue weighted by atomic mass is 9.94. The molecule has 1 aromatic carbocycles. The van der Waals surface area contributed by atoms with Crippen molar-refractivity contribution in [3.8, 4) is 5.75 Å². The molecule has 3 heteroatoms. The minimum absolute atomic E-state index is 0.556. The molecule has 0 aliphatic rings. The predicted molar refractivity (Wildman–Crippen MR) is 85.9 cm³/mol. The maximum absolute atomic E-state index is 5.27. The fourth-order valence-corrected chi connectivity index (χ4v) is 2.89. The van der Waals surface area contributed by atoms with Crippen LogP contribution >= 0.6 is 15.9 Å². The number of hydrogen-bond donors (Lipinski definition) is 1. The summed E-state index contributed by atoms with van der Waals surface area (Å²) in [6.07, 6.45) is 3.54. The lowest BCUT2D eigenvalue weighted by Crippen LogP contribution is -2.32. The first-order valence-corrected chi connectivity index (χ1v) is 7.95. The molecule has 0 aliphatic carbocycles. The van der Waals surface area contributed by atoms with Crippen LogP contribution in [-0.2, 0) is 6.42 Å². The van der Waals surface area contributed by atoms with E-state index in [-0.39, 0.29) is 0 Å². The van der Waals surface area contributed by atoms with Gasteiger partial charge in [-0.2, -0.15) is 0 Å². The van der Waals surface area contributed by atoms with Crippen molar-refractivity contribution in [3.63, 3.8) is 0 Å². The molecule has 0 spiro atoms. The zero-order valence-corrected chi connectivity index (χ0v) is 14.1. The monoisotopic (exact) mass is 327 g/mol. The molecule has 1 N–H and O–H groups in total. The molecule has 0 fully saturated rings. The highest BCUT2D eigenvalue weighted by Crippen LogP contribution is 2.26. The normalized spacial score (nSPS) is 14.2. The molecule has 0 aromatic heterocycles. The second-order valence-electron chi connectivity index (χ2n) is 5.18. The van der Waals surface area contributed by atoms with E-state index in [1.54, 1.807) is 7.11 Å². The fraction of sp³-hybridized carbons (Fsp3) is 0.625. The Kier molecular flexibility index (Phi) is 7.47. The average Bonchev–Trinajstić information content (AvgIpc) is 2.39. The van der Waals surface area contributed by atoms with E-state index in [2.05, 4.69) is 54.2 Å². The summed E-state index contributed by atoms with van der Waals surface area (Å²) in [4.78, 5) is 0. The van der Waals surface area contributed by atoms with Gasteiger partial charge in [-0.25, -0.2) is 0 Å². The van der Waals surface area contributed by atoms with E-state index in [9.17, 15) is 0 Å². The Morgan fingerprint density at radius 3 is 2.58 bits per heavy atom. The van der Waals surface area contributed by atoms with Crippen LogP contribution in [0.2, 0.25) is 0 Å². The van der Waals surface area contributed by atoms with Crippen LogP contribution in [0.15, 0.2) is 22.7 Å². The molecule has 2 unspecified atom stereocenters. The predicted octanol–water partition coefficient (Wildman–Crippen LogP) is 4.41. The number of methoxy groups -OCH3 is 1. The highest BCUT2D eigenvalue weighted by atomic mass is 79.9. The minimum Gasteiger partial charge on any atom is -0.496 e. The van der Waals surface area contributed by atoms with Gasteiger partial charge in [-0.05, 0) is 58.9 Å². The van der Waals surface area contributed by atoms with Crippen molar-refractivity contribution in [1.29, 1.82) is 0 Å². The molecule has 0 saturated carbocycles. The molecule has 0 bridgehead atoms. The number of benzene rings is 1. The Balaban J connectivity index is 2.70. The van der Waals surface area contributed by atoms with Gasteiger partial charge in [0.25, 0.3) is 0 Å². The third-order valence-corrected chi connectivity index (χ3v) is 4.19. The number of halogens is 1. The van der Waals surface area contributed by atoms with Crippen molar-refractivity contribution in [1.82, 2.24) is 5.32 Å². The highest BCUT2D eigenvalue weighted by molar-refractivity contribution is 9.10. The van der Waals surface area contributed by atoms with Crippen LogP contribution in [0, 0.1) is 5.92 Å². The number of nitrogens with one attached hydrogen (secondary N) is 1. The molecule has 0 saturated heterocycles. The second-order valence-corrected chi connectivity index (χ2v) is 6.03. The van der Waals surface area contributed by atoms with Crippen LogP contribution in [-0.4, -0.2) is 19.7 Å². The Morgan fingerprint density at radius 2 is 2.05 bits per heavy atom. The summed E-state index contributed by atoms with van der Waals surface area (Å²) in [7, 11) is 1.70. The molecule has 0 aliphatic heterocycles. The molecule has 2 atom stereocenters. The van der Waals surface area contributed by atoms with Crippen LogP contribution < -0.4 is 10.1 Å². The van der Waals surface area contributed by atoms with Crippen molar-refractivity contribution >= 4 is 15.9 Å². The van der Waals surface area contributed by atoms with Gasteiger partial charge in [-0.15, -0.1) is 0 Å². The third-order valence-electron chi connectivity index (χ3n) is 3.57. The molecule has 2 nitrogen and oxygen atoms in total. The van der Waals surface area contributed by atoms with E-state index in [4.69, 9.17) is 4.74 Å². The molecule has 19 heavy (non-hydrogen) atoms. The fourth-order valence-electron chi connectivity index (χ4n) is 2.30. The van der Waals surface area contributed by atoms with Crippen molar-refractivity contribution in [2.75, 3.05) is 13.7 Å². The molecule has 0 amide bonds. The molecule has 0 radical (unpaired) electrons. The van der Waals surface area contributed by atoms with Gasteiger partial charge in [0.15, 0.2) is 0 Å². The van der Waals surface area contributed by atoms with E-state index >= 15 is 0 Å². The first-order valence-electron chi connectivity index (χ1n) is 7.16. The summed E-state index contributed by atoms with van der Waals surface area (Å²) in [6.45, 7) is 7.79. The average molecular weight is 328 g/mol. The summed E-state index contributed by atoms with van der Waals surface area (Å²) < 4.78 is 6.31. The quantitative estimate of drug-likeness (QED) is 0.763. The first kappa shape index (κ1) is 16.5. The molecular weight excluding hydrogens is 302 g/mol. The summed E-state index contributed by atoms with van der Waals surface area (Å²) in [5.74, 6) is 1.66. The Labute approximate surface area is 126 Å². The molecular formula is C16H26BrNO. The molecule has 108 valence electrons. The van der Waals surface area contributed by atoms with Crippen LogP contribution in [0.25, 0.3) is 0 Å². The Bertz CT molecular complexity index is 381. The van der Waals surface area contributed by atoms with Crippen molar-refractivity contribution < 1.29 is 4.74 Å². The van der Waals surface area contributed by atoms with Crippen LogP contribution in [0.5, 0.6) is 5.75 Å². The first-order chi connectivity index (χ1) is 9.10. The second kappa shape index (κ2) is 8.60. The summed E-state index contributed by atoms with van der Waals surface area (Å²) >= 11 is 3.56. The number of hydrogen-bond acceptors (Lipinski definition) is 2. The molecule has 0 heterocycles. The number of likely N-dealkylation sites (N-methyl/N-ethyl adjacent to an activating group) is 1. The highest BCUT2D eigenvalue weighted by Gasteiger charge is 2.13. The van der Waals surface area contributed by atoms with Gasteiger partial charge in [0.2, 0.25) is 0 Å². The molecule has 1 aromatic rings. The van der Waals surface area contributed by atoms with E-state index in [1.165, 1.54) is 18.4 Å². The lowest BCUT2D eigenvalue weighted by molar-refractivity contribution is 0.396. The van der Waals surface area contributed by atoms with E-state index in [0.717, 1.165) is 29.1 Å². The van der Waals surface area contributed by atoms with Crippen molar-refractivity contribution in [3.05, 3.63) is 28.2 Å². The lowest BCUT2D eigenvalue weighted by Gasteiger charge is -2.21. The standard InChI is InChI=1S/C16H26BrNO/c1-5-12(3)9-14(18-6-2)10-13-7-8-16(19-4)15(17)11-13/h7-8,11-12,14,18H,5-6,9-10H2,1-4H3. The molecule has 1 rings (SSSR count). The van der Waals surface area contributed by atoms with Crippen LogP contribution in [0.3, 0.4) is 0 Å². The van der Waals surface area contributed by atoms with Crippen LogP contribution in [0.4, 0.5) is 0 Å². The number of ether oxygens (including phenoxy) is 1. The zero-order valence-electron chi connectivity index (χ0n) is 12.5. The minimum atomic E-state index is 0.556. The van der Waals surface area contributed by atoms with Gasteiger partial charge < -0.3 is 10.1 Å².